The zero-order valence-corrected chi connectivity index (χ0v) is 13.8. The van der Waals surface area contributed by atoms with Gasteiger partial charge < -0.3 is 14.0 Å². The van der Waals surface area contributed by atoms with Crippen LogP contribution in [0.5, 0.6) is 0 Å². The Labute approximate surface area is 130 Å². The summed E-state index contributed by atoms with van der Waals surface area (Å²) in [6.45, 7) is 10.5. The van der Waals surface area contributed by atoms with Gasteiger partial charge in [-0.05, 0) is 34.6 Å². The van der Waals surface area contributed by atoms with E-state index >= 15 is 0 Å². The van der Waals surface area contributed by atoms with Crippen molar-refractivity contribution in [3.05, 3.63) is 17.7 Å². The number of hydrogen-bond donors (Lipinski definition) is 0. The van der Waals surface area contributed by atoms with E-state index in [0.29, 0.717) is 25.5 Å². The molecule has 1 amide bonds. The Hall–Kier alpha value is -2.05. The highest BCUT2D eigenvalue weighted by atomic mass is 16.6. The van der Waals surface area contributed by atoms with Crippen molar-refractivity contribution in [3.63, 3.8) is 0 Å². The van der Waals surface area contributed by atoms with E-state index < -0.39 is 11.6 Å². The number of amides is 1. The molecule has 0 spiro atoms. The van der Waals surface area contributed by atoms with Crippen LogP contribution in [0.1, 0.15) is 57.0 Å². The second-order valence-corrected chi connectivity index (χ2v) is 6.25. The summed E-state index contributed by atoms with van der Waals surface area (Å²) < 4.78 is 12.3. The van der Waals surface area contributed by atoms with Gasteiger partial charge >= 0.3 is 12.1 Å². The zero-order valence-electron chi connectivity index (χ0n) is 13.8. The van der Waals surface area contributed by atoms with Crippen LogP contribution in [0.3, 0.4) is 0 Å². The molecule has 1 aromatic heterocycles. The summed E-state index contributed by atoms with van der Waals surface area (Å²) in [5.41, 5.74) is -0.269. The van der Waals surface area contributed by atoms with Crippen LogP contribution in [0.15, 0.2) is 6.20 Å². The SMILES string of the molecule is CCOC(=O)c1cn2c(n1)[C@@H](C)N(C(=O)OC(C)(C)C)CC2. The van der Waals surface area contributed by atoms with Crippen LogP contribution in [0, 0.1) is 0 Å². The van der Waals surface area contributed by atoms with E-state index in [1.807, 2.05) is 32.3 Å². The topological polar surface area (TPSA) is 73.7 Å². The van der Waals surface area contributed by atoms with Gasteiger partial charge in [-0.25, -0.2) is 14.6 Å². The van der Waals surface area contributed by atoms with Gasteiger partial charge in [0.15, 0.2) is 5.69 Å². The number of imidazole rings is 1. The second-order valence-electron chi connectivity index (χ2n) is 6.25. The first-order chi connectivity index (χ1) is 10.2. The largest absolute Gasteiger partial charge is 0.461 e. The summed E-state index contributed by atoms with van der Waals surface area (Å²) in [6.07, 6.45) is 1.31. The molecule has 7 nitrogen and oxygen atoms in total. The number of carbonyl (C=O) groups is 2. The van der Waals surface area contributed by atoms with Crippen molar-refractivity contribution in [1.82, 2.24) is 14.5 Å². The van der Waals surface area contributed by atoms with E-state index in [4.69, 9.17) is 9.47 Å². The normalized spacial score (nSPS) is 17.9. The molecule has 0 aliphatic carbocycles. The first-order valence-electron chi connectivity index (χ1n) is 7.46. The third kappa shape index (κ3) is 3.40. The van der Waals surface area contributed by atoms with Crippen LogP contribution in [0.2, 0.25) is 0 Å². The van der Waals surface area contributed by atoms with Crippen LogP contribution >= 0.6 is 0 Å². The van der Waals surface area contributed by atoms with Crippen molar-refractivity contribution in [1.29, 1.82) is 0 Å². The van der Waals surface area contributed by atoms with Gasteiger partial charge in [0.25, 0.3) is 0 Å². The molecule has 0 bridgehead atoms. The first kappa shape index (κ1) is 16.3. The number of aromatic nitrogens is 2. The molecule has 0 saturated heterocycles. The molecule has 0 N–H and O–H groups in total. The van der Waals surface area contributed by atoms with Gasteiger partial charge in [-0.3, -0.25) is 4.90 Å². The van der Waals surface area contributed by atoms with Crippen molar-refractivity contribution in [2.45, 2.75) is 52.8 Å². The molecule has 0 unspecified atom stereocenters. The Morgan fingerprint density at radius 3 is 2.64 bits per heavy atom. The van der Waals surface area contributed by atoms with Crippen molar-refractivity contribution >= 4 is 12.1 Å². The van der Waals surface area contributed by atoms with Gasteiger partial charge in [-0.15, -0.1) is 0 Å². The lowest BCUT2D eigenvalue weighted by Crippen LogP contribution is -2.43. The summed E-state index contributed by atoms with van der Waals surface area (Å²) in [4.78, 5) is 30.0. The highest BCUT2D eigenvalue weighted by molar-refractivity contribution is 5.87. The number of carbonyl (C=O) groups excluding carboxylic acids is 2. The number of rotatable bonds is 2. The summed E-state index contributed by atoms with van der Waals surface area (Å²) in [5, 5.41) is 0. The monoisotopic (exact) mass is 309 g/mol. The third-order valence-electron chi connectivity index (χ3n) is 3.34. The molecule has 1 aliphatic heterocycles. The molecule has 1 aromatic rings. The Bertz CT molecular complexity index is 574. The maximum absolute atomic E-state index is 12.3. The molecule has 0 radical (unpaired) electrons. The molecule has 2 rings (SSSR count). The minimum Gasteiger partial charge on any atom is -0.461 e. The van der Waals surface area contributed by atoms with Gasteiger partial charge in [-0.1, -0.05) is 0 Å². The van der Waals surface area contributed by atoms with Crippen LogP contribution in [-0.2, 0) is 16.0 Å². The predicted molar refractivity (Wildman–Crippen MR) is 79.5 cm³/mol. The van der Waals surface area contributed by atoms with Crippen LogP contribution < -0.4 is 0 Å². The molecular formula is C15H23N3O4. The number of nitrogens with zero attached hydrogens (tertiary/aromatic N) is 3. The lowest BCUT2D eigenvalue weighted by atomic mass is 10.2. The molecule has 0 aromatic carbocycles. The van der Waals surface area contributed by atoms with E-state index in [0.717, 1.165) is 0 Å². The molecule has 1 aliphatic rings. The van der Waals surface area contributed by atoms with Gasteiger partial charge in [0.05, 0.1) is 12.6 Å². The molecule has 7 heteroatoms. The van der Waals surface area contributed by atoms with E-state index in [2.05, 4.69) is 4.98 Å². The lowest BCUT2D eigenvalue weighted by Gasteiger charge is -2.34. The number of esters is 1. The molecule has 0 saturated carbocycles. The third-order valence-corrected chi connectivity index (χ3v) is 3.34. The maximum atomic E-state index is 12.3. The molecular weight excluding hydrogens is 286 g/mol. The Kier molecular flexibility index (Phi) is 4.44. The Morgan fingerprint density at radius 2 is 2.05 bits per heavy atom. The van der Waals surface area contributed by atoms with E-state index in [9.17, 15) is 9.59 Å². The Balaban J connectivity index is 2.17. The number of ether oxygens (including phenoxy) is 2. The van der Waals surface area contributed by atoms with E-state index in [1.165, 1.54) is 0 Å². The predicted octanol–water partition coefficient (Wildman–Crippen LogP) is 2.37. The smallest absolute Gasteiger partial charge is 0.410 e. The fourth-order valence-corrected chi connectivity index (χ4v) is 2.36. The fourth-order valence-electron chi connectivity index (χ4n) is 2.36. The second kappa shape index (κ2) is 5.98. The highest BCUT2D eigenvalue weighted by Crippen LogP contribution is 2.26. The van der Waals surface area contributed by atoms with Gasteiger partial charge in [0, 0.05) is 19.3 Å². The molecule has 2 heterocycles. The minimum atomic E-state index is -0.542. The van der Waals surface area contributed by atoms with Crippen LogP contribution in [0.25, 0.3) is 0 Å². The summed E-state index contributed by atoms with van der Waals surface area (Å²) in [6, 6.07) is -0.258. The first-order valence-corrected chi connectivity index (χ1v) is 7.46. The zero-order chi connectivity index (χ0) is 16.5. The standard InChI is InChI=1S/C15H23N3O4/c1-6-21-13(19)11-9-17-7-8-18(10(2)12(17)16-11)14(20)22-15(3,4)5/h9-10H,6-8H2,1-5H3/t10-/m1/s1. The molecule has 22 heavy (non-hydrogen) atoms. The lowest BCUT2D eigenvalue weighted by molar-refractivity contribution is 0.0121. The molecule has 1 atom stereocenters. The summed E-state index contributed by atoms with van der Waals surface area (Å²) in [5.74, 6) is 0.223. The maximum Gasteiger partial charge on any atom is 0.410 e. The van der Waals surface area contributed by atoms with Gasteiger partial charge in [0.1, 0.15) is 11.4 Å². The van der Waals surface area contributed by atoms with Gasteiger partial charge in [-0.2, -0.15) is 0 Å². The minimum absolute atomic E-state index is 0.258. The van der Waals surface area contributed by atoms with Crippen molar-refractivity contribution in [3.8, 4) is 0 Å². The van der Waals surface area contributed by atoms with E-state index in [-0.39, 0.29) is 17.8 Å². The average Bonchev–Trinajstić information content (AvgIpc) is 2.82. The van der Waals surface area contributed by atoms with Crippen molar-refractivity contribution in [2.24, 2.45) is 0 Å². The summed E-state index contributed by atoms with van der Waals surface area (Å²) in [7, 11) is 0. The average molecular weight is 309 g/mol. The quantitative estimate of drug-likeness (QED) is 0.784. The van der Waals surface area contributed by atoms with Crippen molar-refractivity contribution < 1.29 is 19.1 Å². The van der Waals surface area contributed by atoms with E-state index in [1.54, 1.807) is 18.0 Å². The molecule has 122 valence electrons. The van der Waals surface area contributed by atoms with Crippen LogP contribution in [0.4, 0.5) is 4.79 Å². The highest BCUT2D eigenvalue weighted by Gasteiger charge is 2.33. The van der Waals surface area contributed by atoms with Crippen molar-refractivity contribution in [2.75, 3.05) is 13.2 Å². The summed E-state index contributed by atoms with van der Waals surface area (Å²) >= 11 is 0. The fraction of sp³-hybridized carbons (Fsp3) is 0.667. The van der Waals surface area contributed by atoms with Crippen LogP contribution in [-0.4, -0.2) is 45.3 Å². The Morgan fingerprint density at radius 1 is 1.36 bits per heavy atom. The molecule has 0 fully saturated rings. The number of hydrogen-bond acceptors (Lipinski definition) is 5. The number of fused-ring (bicyclic) bond motifs is 1. The van der Waals surface area contributed by atoms with Gasteiger partial charge in [0.2, 0.25) is 0 Å².